The molecule has 11 heteroatoms. The molecule has 4 heterocycles. The molecule has 1 atom stereocenters. The lowest BCUT2D eigenvalue weighted by Gasteiger charge is -2.16. The van der Waals surface area contributed by atoms with Crippen LogP contribution in [0.25, 0.3) is 28.0 Å². The van der Waals surface area contributed by atoms with Gasteiger partial charge in [0.2, 0.25) is 0 Å². The van der Waals surface area contributed by atoms with E-state index < -0.39 is 5.97 Å². The minimum absolute atomic E-state index is 0.0314. The SMILES string of the molecule is Cn1c(C#N)cnc1CN1CC[C@H](n2c(=O)n(-c3ccc(-c4ccc(C(=O)O)cc4)c(O)c3)c3cccnc32)C1. The number of benzene rings is 2. The minimum atomic E-state index is -1.02. The molecule has 2 aromatic carbocycles. The van der Waals surface area contributed by atoms with Crippen LogP contribution in [0.4, 0.5) is 0 Å². The molecule has 0 radical (unpaired) electrons. The lowest BCUT2D eigenvalue weighted by atomic mass is 10.0. The fourth-order valence-corrected chi connectivity index (χ4v) is 5.39. The van der Waals surface area contributed by atoms with Gasteiger partial charge in [0.25, 0.3) is 0 Å². The number of carbonyl (C=O) groups is 1. The van der Waals surface area contributed by atoms with Gasteiger partial charge >= 0.3 is 11.7 Å². The second-order valence-electron chi connectivity index (χ2n) is 9.83. The lowest BCUT2D eigenvalue weighted by molar-refractivity contribution is 0.0697. The van der Waals surface area contributed by atoms with Crippen LogP contribution in [-0.2, 0) is 13.6 Å². The minimum Gasteiger partial charge on any atom is -0.507 e. The van der Waals surface area contributed by atoms with Crippen molar-refractivity contribution in [1.82, 2.24) is 28.6 Å². The van der Waals surface area contributed by atoms with E-state index in [1.807, 2.05) is 13.1 Å². The Morgan fingerprint density at radius 2 is 1.95 bits per heavy atom. The van der Waals surface area contributed by atoms with Crippen LogP contribution in [0.1, 0.15) is 34.3 Å². The third-order valence-corrected chi connectivity index (χ3v) is 7.49. The topological polar surface area (TPSA) is 142 Å². The van der Waals surface area contributed by atoms with E-state index in [4.69, 9.17) is 5.11 Å². The Kier molecular flexibility index (Phi) is 6.17. The molecule has 0 bridgehead atoms. The number of carboxylic acid groups (broad SMARTS) is 1. The highest BCUT2D eigenvalue weighted by molar-refractivity contribution is 5.88. The largest absolute Gasteiger partial charge is 0.507 e. The average molecular weight is 536 g/mol. The van der Waals surface area contributed by atoms with Crippen LogP contribution >= 0.6 is 0 Å². The van der Waals surface area contributed by atoms with Gasteiger partial charge in [-0.05, 0) is 48.4 Å². The third kappa shape index (κ3) is 4.20. The number of phenolic OH excluding ortho intramolecular Hbond substituents is 1. The predicted octanol–water partition coefficient (Wildman–Crippen LogP) is 3.31. The van der Waals surface area contributed by atoms with Crippen LogP contribution < -0.4 is 5.69 Å². The first-order valence-electron chi connectivity index (χ1n) is 12.7. The van der Waals surface area contributed by atoms with Crippen LogP contribution in [-0.4, -0.2) is 57.8 Å². The van der Waals surface area contributed by atoms with Gasteiger partial charge in [0, 0.05) is 38.0 Å². The molecule has 200 valence electrons. The Balaban J connectivity index is 1.33. The van der Waals surface area contributed by atoms with Gasteiger partial charge in [-0.2, -0.15) is 5.26 Å². The number of fused-ring (bicyclic) bond motifs is 1. The van der Waals surface area contributed by atoms with Gasteiger partial charge < -0.3 is 14.8 Å². The monoisotopic (exact) mass is 535 g/mol. The summed E-state index contributed by atoms with van der Waals surface area (Å²) in [5.74, 6) is -0.264. The first kappa shape index (κ1) is 25.1. The first-order chi connectivity index (χ1) is 19.4. The molecular weight excluding hydrogens is 510 g/mol. The summed E-state index contributed by atoms with van der Waals surface area (Å²) < 4.78 is 5.06. The van der Waals surface area contributed by atoms with E-state index in [9.17, 15) is 20.0 Å². The van der Waals surface area contributed by atoms with Crippen LogP contribution in [0.2, 0.25) is 0 Å². The Morgan fingerprint density at radius 3 is 2.65 bits per heavy atom. The average Bonchev–Trinajstić information content (AvgIpc) is 3.64. The summed E-state index contributed by atoms with van der Waals surface area (Å²) in [6.45, 7) is 1.96. The van der Waals surface area contributed by atoms with Gasteiger partial charge in [-0.1, -0.05) is 12.1 Å². The molecule has 6 rings (SSSR count). The number of rotatable bonds is 6. The van der Waals surface area contributed by atoms with Crippen LogP contribution in [0.3, 0.4) is 0 Å². The first-order valence-corrected chi connectivity index (χ1v) is 12.7. The number of nitriles is 1. The van der Waals surface area contributed by atoms with Crippen LogP contribution in [0, 0.1) is 11.3 Å². The summed E-state index contributed by atoms with van der Waals surface area (Å²) >= 11 is 0. The quantitative estimate of drug-likeness (QED) is 0.337. The number of hydrogen-bond donors (Lipinski definition) is 2. The number of nitrogens with zero attached hydrogens (tertiary/aromatic N) is 7. The molecule has 40 heavy (non-hydrogen) atoms. The van der Waals surface area contributed by atoms with Crippen molar-refractivity contribution in [2.75, 3.05) is 13.1 Å². The zero-order chi connectivity index (χ0) is 28.0. The van der Waals surface area contributed by atoms with E-state index in [0.29, 0.717) is 46.8 Å². The summed E-state index contributed by atoms with van der Waals surface area (Å²) in [5.41, 5.74) is 3.29. The fourth-order valence-electron chi connectivity index (χ4n) is 5.39. The van der Waals surface area contributed by atoms with Gasteiger partial charge in [0.1, 0.15) is 23.3 Å². The molecule has 1 aliphatic rings. The number of imidazole rings is 2. The zero-order valence-corrected chi connectivity index (χ0v) is 21.6. The standard InChI is InChI=1S/C29H25N7O4/c1-33-22(14-30)15-32-26(33)17-34-12-10-21(16-34)36-27-24(3-2-11-31-27)35(29(36)40)20-8-9-23(25(37)13-20)18-4-6-19(7-5-18)28(38)39/h2-9,11,13,15,21,37H,10,12,16-17H2,1H3,(H,38,39)/t21-/m0/s1. The summed E-state index contributed by atoms with van der Waals surface area (Å²) in [7, 11) is 1.82. The number of pyridine rings is 1. The molecule has 5 aromatic rings. The van der Waals surface area contributed by atoms with Crippen molar-refractivity contribution < 1.29 is 15.0 Å². The molecule has 0 saturated carbocycles. The number of aromatic hydroxyl groups is 1. The van der Waals surface area contributed by atoms with Crippen molar-refractivity contribution in [2.24, 2.45) is 7.05 Å². The van der Waals surface area contributed by atoms with Crippen molar-refractivity contribution in [3.63, 3.8) is 0 Å². The zero-order valence-electron chi connectivity index (χ0n) is 21.6. The van der Waals surface area contributed by atoms with Gasteiger partial charge in [0.05, 0.1) is 35.6 Å². The molecule has 3 aromatic heterocycles. The molecule has 1 aliphatic heterocycles. The van der Waals surface area contributed by atoms with E-state index in [0.717, 1.165) is 18.8 Å². The summed E-state index contributed by atoms with van der Waals surface area (Å²) in [4.78, 5) is 36.2. The molecule has 11 nitrogen and oxygen atoms in total. The van der Waals surface area contributed by atoms with Gasteiger partial charge in [-0.25, -0.2) is 19.6 Å². The number of carboxylic acids is 1. The van der Waals surface area contributed by atoms with Crippen molar-refractivity contribution >= 4 is 17.1 Å². The lowest BCUT2D eigenvalue weighted by Crippen LogP contribution is -2.29. The molecule has 0 amide bonds. The van der Waals surface area contributed by atoms with Crippen molar-refractivity contribution in [3.05, 3.63) is 94.6 Å². The molecule has 1 saturated heterocycles. The Bertz CT molecular complexity index is 1860. The number of aromatic carboxylic acids is 1. The van der Waals surface area contributed by atoms with Crippen molar-refractivity contribution in [3.8, 4) is 28.6 Å². The highest BCUT2D eigenvalue weighted by Crippen LogP contribution is 2.32. The van der Waals surface area contributed by atoms with E-state index in [1.54, 1.807) is 56.4 Å². The van der Waals surface area contributed by atoms with Crippen molar-refractivity contribution in [1.29, 1.82) is 5.26 Å². The number of likely N-dealkylation sites (tertiary alicyclic amines) is 1. The maximum atomic E-state index is 13.9. The second-order valence-corrected chi connectivity index (χ2v) is 9.83. The van der Waals surface area contributed by atoms with Crippen molar-refractivity contribution in [2.45, 2.75) is 19.0 Å². The van der Waals surface area contributed by atoms with E-state index in [2.05, 4.69) is 20.9 Å². The third-order valence-electron chi connectivity index (χ3n) is 7.49. The molecule has 0 spiro atoms. The smallest absolute Gasteiger partial charge is 0.335 e. The summed E-state index contributed by atoms with van der Waals surface area (Å²) in [6, 6.07) is 16.9. The predicted molar refractivity (Wildman–Crippen MR) is 146 cm³/mol. The number of aromatic nitrogens is 5. The highest BCUT2D eigenvalue weighted by Gasteiger charge is 2.29. The number of hydrogen-bond acceptors (Lipinski definition) is 7. The molecule has 0 aliphatic carbocycles. The van der Waals surface area contributed by atoms with E-state index in [1.165, 1.54) is 18.2 Å². The summed E-state index contributed by atoms with van der Waals surface area (Å²) in [6.07, 6.45) is 3.98. The molecule has 2 N–H and O–H groups in total. The van der Waals surface area contributed by atoms with Gasteiger partial charge in [0.15, 0.2) is 5.65 Å². The fraction of sp³-hybridized carbons (Fsp3) is 0.207. The Labute approximate surface area is 228 Å². The van der Waals surface area contributed by atoms with E-state index in [-0.39, 0.29) is 23.0 Å². The highest BCUT2D eigenvalue weighted by atomic mass is 16.4. The molecule has 1 fully saturated rings. The Morgan fingerprint density at radius 1 is 1.15 bits per heavy atom. The van der Waals surface area contributed by atoms with E-state index >= 15 is 0 Å². The van der Waals surface area contributed by atoms with Gasteiger partial charge in [-0.3, -0.25) is 14.0 Å². The number of phenols is 1. The second kappa shape index (κ2) is 9.83. The maximum Gasteiger partial charge on any atom is 0.335 e. The molecule has 0 unspecified atom stereocenters. The van der Waals surface area contributed by atoms with Gasteiger partial charge in [-0.15, -0.1) is 0 Å². The van der Waals surface area contributed by atoms with Crippen LogP contribution in [0.5, 0.6) is 5.75 Å². The summed E-state index contributed by atoms with van der Waals surface area (Å²) in [5, 5.41) is 29.3. The van der Waals surface area contributed by atoms with Crippen LogP contribution in [0.15, 0.2) is 71.8 Å². The maximum absolute atomic E-state index is 13.9. The molecular formula is C29H25N7O4. The Hall–Kier alpha value is -5.21. The normalized spacial score (nSPS) is 15.4.